The van der Waals surface area contributed by atoms with Crippen LogP contribution in [0.4, 0.5) is 5.69 Å². The van der Waals surface area contributed by atoms with E-state index in [4.69, 9.17) is 0 Å². The summed E-state index contributed by atoms with van der Waals surface area (Å²) in [4.78, 5) is 12.9. The minimum Gasteiger partial charge on any atom is -0.310 e. The van der Waals surface area contributed by atoms with Crippen molar-refractivity contribution in [2.24, 2.45) is 0 Å². The van der Waals surface area contributed by atoms with E-state index in [9.17, 15) is 4.79 Å². The molecule has 0 saturated carbocycles. The number of rotatable bonds is 3. The van der Waals surface area contributed by atoms with E-state index in [0.717, 1.165) is 28.8 Å². The second-order valence-corrected chi connectivity index (χ2v) is 4.01. The average Bonchev–Trinajstić information content (AvgIpc) is 2.40. The summed E-state index contributed by atoms with van der Waals surface area (Å²) in [6.45, 7) is 8.10. The van der Waals surface area contributed by atoms with Crippen molar-refractivity contribution < 1.29 is 4.79 Å². The topological polar surface area (TPSA) is 20.3 Å². The molecule has 0 aliphatic carbocycles. The van der Waals surface area contributed by atoms with Gasteiger partial charge in [0.1, 0.15) is 0 Å². The van der Waals surface area contributed by atoms with Gasteiger partial charge in [0.15, 0.2) is 0 Å². The van der Waals surface area contributed by atoms with Crippen molar-refractivity contribution >= 4 is 18.2 Å². The summed E-state index contributed by atoms with van der Waals surface area (Å²) >= 11 is 0. The van der Waals surface area contributed by atoms with Crippen LogP contribution in [0.2, 0.25) is 0 Å². The number of benzene rings is 1. The van der Waals surface area contributed by atoms with E-state index in [1.165, 1.54) is 0 Å². The molecule has 2 heteroatoms. The number of nitrogens with zero attached hydrogens (tertiary/aromatic N) is 1. The Hall–Kier alpha value is -2.35. The van der Waals surface area contributed by atoms with Gasteiger partial charge in [0.05, 0.1) is 12.2 Å². The van der Waals surface area contributed by atoms with E-state index < -0.39 is 0 Å². The van der Waals surface area contributed by atoms with Gasteiger partial charge in [-0.15, -0.1) is 0 Å². The fourth-order valence-corrected chi connectivity index (χ4v) is 2.01. The van der Waals surface area contributed by atoms with Crippen molar-refractivity contribution in [3.8, 4) is 0 Å². The molecule has 1 heterocycles. The smallest absolute Gasteiger partial charge is 0.214 e. The van der Waals surface area contributed by atoms with Crippen molar-refractivity contribution in [1.29, 1.82) is 0 Å². The van der Waals surface area contributed by atoms with Gasteiger partial charge in [-0.3, -0.25) is 4.79 Å². The van der Waals surface area contributed by atoms with Crippen molar-refractivity contribution in [3.63, 3.8) is 0 Å². The van der Waals surface area contributed by atoms with Crippen LogP contribution < -0.4 is 4.90 Å². The van der Waals surface area contributed by atoms with Crippen LogP contribution in [-0.2, 0) is 4.79 Å². The first-order valence-electron chi connectivity index (χ1n) is 5.77. The third-order valence-corrected chi connectivity index (χ3v) is 2.99. The number of anilines is 1. The van der Waals surface area contributed by atoms with Crippen LogP contribution in [-0.4, -0.2) is 13.0 Å². The Kier molecular flexibility index (Phi) is 3.58. The summed E-state index contributed by atoms with van der Waals surface area (Å²) in [7, 11) is 0. The highest BCUT2D eigenvalue weighted by atomic mass is 16.1. The zero-order chi connectivity index (χ0) is 13.0. The van der Waals surface area contributed by atoms with Gasteiger partial charge in [0.2, 0.25) is 6.41 Å². The number of allylic oxidation sites excluding steroid dienone is 3. The van der Waals surface area contributed by atoms with E-state index in [1.54, 1.807) is 17.1 Å². The lowest BCUT2D eigenvalue weighted by molar-refractivity contribution is -0.107. The van der Waals surface area contributed by atoms with Crippen LogP contribution in [0.15, 0.2) is 66.8 Å². The van der Waals surface area contributed by atoms with Crippen LogP contribution in [0.5, 0.6) is 0 Å². The zero-order valence-electron chi connectivity index (χ0n) is 10.2. The number of hydrogen-bond donors (Lipinski definition) is 0. The fourth-order valence-electron chi connectivity index (χ4n) is 2.01. The second-order valence-electron chi connectivity index (χ2n) is 4.01. The Balaban J connectivity index is 2.59. The summed E-state index contributed by atoms with van der Waals surface area (Å²) in [6, 6.07) is 7.81. The lowest BCUT2D eigenvalue weighted by atomic mass is 10.0. The van der Waals surface area contributed by atoms with E-state index in [2.05, 4.69) is 13.2 Å². The van der Waals surface area contributed by atoms with Crippen molar-refractivity contribution in [3.05, 3.63) is 72.4 Å². The lowest BCUT2D eigenvalue weighted by Gasteiger charge is -2.23. The molecule has 18 heavy (non-hydrogen) atoms. The minimum atomic E-state index is 0.510. The quantitative estimate of drug-likeness (QED) is 0.738. The van der Waals surface area contributed by atoms with Crippen LogP contribution in [0.3, 0.4) is 0 Å². The molecule has 2 nitrogen and oxygen atoms in total. The van der Waals surface area contributed by atoms with Crippen LogP contribution in [0, 0.1) is 0 Å². The van der Waals surface area contributed by atoms with Gasteiger partial charge < -0.3 is 4.90 Å². The van der Waals surface area contributed by atoms with Gasteiger partial charge in [0.25, 0.3) is 0 Å². The maximum atomic E-state index is 11.3. The Morgan fingerprint density at radius 1 is 1.11 bits per heavy atom. The van der Waals surface area contributed by atoms with Crippen LogP contribution in [0.1, 0.15) is 5.56 Å². The van der Waals surface area contributed by atoms with E-state index in [1.807, 2.05) is 36.4 Å². The summed E-state index contributed by atoms with van der Waals surface area (Å²) in [6.07, 6.45) is 8.40. The Labute approximate surface area is 107 Å². The van der Waals surface area contributed by atoms with Gasteiger partial charge in [-0.25, -0.2) is 0 Å². The first kappa shape index (κ1) is 12.1. The number of hydrogen-bond acceptors (Lipinski definition) is 1. The number of carbonyl (C=O) groups is 1. The van der Waals surface area contributed by atoms with Crippen molar-refractivity contribution in [2.75, 3.05) is 11.4 Å². The van der Waals surface area contributed by atoms with Gasteiger partial charge in [-0.2, -0.15) is 0 Å². The molecule has 90 valence electrons. The van der Waals surface area contributed by atoms with E-state index >= 15 is 0 Å². The first-order chi connectivity index (χ1) is 8.80. The summed E-state index contributed by atoms with van der Waals surface area (Å²) in [5.41, 5.74) is 3.91. The molecule has 2 rings (SSSR count). The Morgan fingerprint density at radius 2 is 1.89 bits per heavy atom. The Bertz CT molecular complexity index is 552. The first-order valence-corrected chi connectivity index (χ1v) is 5.77. The molecule has 0 spiro atoms. The van der Waals surface area contributed by atoms with Crippen LogP contribution >= 0.6 is 0 Å². The molecule has 0 unspecified atom stereocenters. The maximum Gasteiger partial charge on any atom is 0.214 e. The molecule has 1 aromatic carbocycles. The number of amides is 1. The highest BCUT2D eigenvalue weighted by Crippen LogP contribution is 2.26. The van der Waals surface area contributed by atoms with Gasteiger partial charge in [-0.1, -0.05) is 55.7 Å². The molecule has 0 fully saturated rings. The molecular weight excluding hydrogens is 222 g/mol. The van der Waals surface area contributed by atoms with Crippen LogP contribution in [0.25, 0.3) is 6.08 Å². The molecule has 0 atom stereocenters. The monoisotopic (exact) mass is 237 g/mol. The minimum absolute atomic E-state index is 0.510. The number of fused-ring (bicyclic) bond motifs is 1. The normalized spacial score (nSPS) is 20.3. The second kappa shape index (κ2) is 5.32. The van der Waals surface area contributed by atoms with E-state index in [0.29, 0.717) is 6.54 Å². The summed E-state index contributed by atoms with van der Waals surface area (Å²) in [5.74, 6) is 0. The average molecular weight is 237 g/mol. The maximum absolute atomic E-state index is 11.3. The molecule has 0 saturated heterocycles. The highest BCUT2D eigenvalue weighted by Gasteiger charge is 2.13. The van der Waals surface area contributed by atoms with Gasteiger partial charge in [0, 0.05) is 0 Å². The molecule has 0 radical (unpaired) electrons. The number of carbonyl (C=O) groups excluding carboxylic acids is 1. The molecule has 0 N–H and O–H groups in total. The molecule has 1 aliphatic rings. The number of para-hydroxylation sites is 1. The van der Waals surface area contributed by atoms with Crippen molar-refractivity contribution in [2.45, 2.75) is 0 Å². The predicted molar refractivity (Wildman–Crippen MR) is 76.3 cm³/mol. The third kappa shape index (κ3) is 2.18. The summed E-state index contributed by atoms with van der Waals surface area (Å²) < 4.78 is 0. The largest absolute Gasteiger partial charge is 0.310 e. The molecule has 0 aromatic heterocycles. The predicted octanol–water partition coefficient (Wildman–Crippen LogP) is 3.34. The lowest BCUT2D eigenvalue weighted by Crippen LogP contribution is -2.25. The molecule has 0 bridgehead atoms. The SMILES string of the molecule is C=CC1=C(\C=C)CN(C=O)c2ccccc2/C=C\1. The Morgan fingerprint density at radius 3 is 2.56 bits per heavy atom. The van der Waals surface area contributed by atoms with E-state index in [-0.39, 0.29) is 0 Å². The molecular formula is C16H15NO. The standard InChI is InChI=1S/C16H15NO/c1-3-13-9-10-15-7-5-6-8-16(15)17(12-18)11-14(13)4-2/h3-10,12H,1-2,11H2/b10-9-,14-13-. The van der Waals surface area contributed by atoms with Gasteiger partial charge >= 0.3 is 0 Å². The molecule has 1 amide bonds. The molecule has 1 aliphatic heterocycles. The zero-order valence-corrected chi connectivity index (χ0v) is 10.2. The molecule has 1 aromatic rings. The van der Waals surface area contributed by atoms with Gasteiger partial charge in [-0.05, 0) is 22.8 Å². The summed E-state index contributed by atoms with van der Waals surface area (Å²) in [5, 5.41) is 0. The third-order valence-electron chi connectivity index (χ3n) is 2.99. The fraction of sp³-hybridized carbons (Fsp3) is 0.0625. The van der Waals surface area contributed by atoms with Crippen molar-refractivity contribution in [1.82, 2.24) is 0 Å². The highest BCUT2D eigenvalue weighted by molar-refractivity contribution is 5.83.